The fraction of sp³-hybridized carbons (Fsp3) is 0.909. The first-order valence-electron chi connectivity index (χ1n) is 5.58. The van der Waals surface area contributed by atoms with E-state index in [2.05, 4.69) is 12.2 Å². The van der Waals surface area contributed by atoms with E-state index >= 15 is 0 Å². The standard InChI is InChI=1S/C11H21NO/c1-2-3-4-8-12-10-6-5-7-11(13)9-10/h10,12H,2-9H2,1H3. The molecule has 1 aliphatic carbocycles. The Kier molecular flexibility index (Phi) is 5.06. The van der Waals surface area contributed by atoms with Crippen LogP contribution in [-0.2, 0) is 4.79 Å². The summed E-state index contributed by atoms with van der Waals surface area (Å²) in [6, 6.07) is 0.484. The first-order chi connectivity index (χ1) is 6.33. The molecule has 0 bridgehead atoms. The number of Topliss-reactive ketones (excluding diaryl/α,β-unsaturated/α-hetero) is 1. The maximum atomic E-state index is 11.1. The summed E-state index contributed by atoms with van der Waals surface area (Å²) in [5.74, 6) is 0.444. The third kappa shape index (κ3) is 4.41. The van der Waals surface area contributed by atoms with Crippen molar-refractivity contribution in [2.24, 2.45) is 0 Å². The molecular weight excluding hydrogens is 162 g/mol. The van der Waals surface area contributed by atoms with E-state index in [9.17, 15) is 4.79 Å². The molecule has 0 aromatic heterocycles. The fourth-order valence-electron chi connectivity index (χ4n) is 1.88. The molecule has 1 atom stereocenters. The van der Waals surface area contributed by atoms with Gasteiger partial charge in [0.15, 0.2) is 0 Å². The zero-order chi connectivity index (χ0) is 9.52. The molecule has 0 spiro atoms. The van der Waals surface area contributed by atoms with Gasteiger partial charge in [-0.3, -0.25) is 4.79 Å². The Hall–Kier alpha value is -0.370. The van der Waals surface area contributed by atoms with E-state index in [1.165, 1.54) is 25.7 Å². The van der Waals surface area contributed by atoms with Crippen molar-refractivity contribution in [3.63, 3.8) is 0 Å². The van der Waals surface area contributed by atoms with Crippen LogP contribution in [0.15, 0.2) is 0 Å². The van der Waals surface area contributed by atoms with Gasteiger partial charge in [0.05, 0.1) is 0 Å². The second-order valence-electron chi connectivity index (χ2n) is 3.99. The molecule has 0 aliphatic heterocycles. The molecule has 0 radical (unpaired) electrons. The molecule has 1 saturated carbocycles. The monoisotopic (exact) mass is 183 g/mol. The number of hydrogen-bond acceptors (Lipinski definition) is 2. The summed E-state index contributed by atoms with van der Waals surface area (Å²) in [6.07, 6.45) is 7.68. The van der Waals surface area contributed by atoms with Crippen molar-refractivity contribution in [1.29, 1.82) is 0 Å². The highest BCUT2D eigenvalue weighted by atomic mass is 16.1. The van der Waals surface area contributed by atoms with Crippen molar-refractivity contribution in [3.05, 3.63) is 0 Å². The highest BCUT2D eigenvalue weighted by Gasteiger charge is 2.17. The second kappa shape index (κ2) is 6.14. The van der Waals surface area contributed by atoms with Crippen LogP contribution >= 0.6 is 0 Å². The van der Waals surface area contributed by atoms with Crippen molar-refractivity contribution in [1.82, 2.24) is 5.32 Å². The largest absolute Gasteiger partial charge is 0.314 e. The average molecular weight is 183 g/mol. The van der Waals surface area contributed by atoms with Gasteiger partial charge in [-0.05, 0) is 25.8 Å². The van der Waals surface area contributed by atoms with E-state index < -0.39 is 0 Å². The van der Waals surface area contributed by atoms with Crippen LogP contribution in [0.3, 0.4) is 0 Å². The number of hydrogen-bond donors (Lipinski definition) is 1. The molecule has 0 saturated heterocycles. The number of rotatable bonds is 5. The van der Waals surface area contributed by atoms with E-state index in [-0.39, 0.29) is 0 Å². The highest BCUT2D eigenvalue weighted by Crippen LogP contribution is 2.14. The Morgan fingerprint density at radius 2 is 2.31 bits per heavy atom. The van der Waals surface area contributed by atoms with E-state index in [1.807, 2.05) is 0 Å². The lowest BCUT2D eigenvalue weighted by Crippen LogP contribution is -2.34. The molecular formula is C11H21NO. The van der Waals surface area contributed by atoms with E-state index in [0.29, 0.717) is 11.8 Å². The molecule has 1 fully saturated rings. The maximum absolute atomic E-state index is 11.1. The van der Waals surface area contributed by atoms with Gasteiger partial charge in [0, 0.05) is 18.9 Å². The molecule has 0 heterocycles. The van der Waals surface area contributed by atoms with Gasteiger partial charge in [0.1, 0.15) is 5.78 Å². The summed E-state index contributed by atoms with van der Waals surface area (Å²) in [7, 11) is 0. The average Bonchev–Trinajstić information content (AvgIpc) is 2.13. The van der Waals surface area contributed by atoms with Crippen LogP contribution in [0.25, 0.3) is 0 Å². The Morgan fingerprint density at radius 3 is 3.00 bits per heavy atom. The molecule has 0 amide bonds. The summed E-state index contributed by atoms with van der Waals surface area (Å²) in [6.45, 7) is 3.30. The van der Waals surface area contributed by atoms with Gasteiger partial charge in [-0.2, -0.15) is 0 Å². The van der Waals surface area contributed by atoms with Gasteiger partial charge in [-0.25, -0.2) is 0 Å². The van der Waals surface area contributed by atoms with Crippen molar-refractivity contribution in [3.8, 4) is 0 Å². The second-order valence-corrected chi connectivity index (χ2v) is 3.99. The minimum atomic E-state index is 0.444. The van der Waals surface area contributed by atoms with Crippen molar-refractivity contribution in [2.75, 3.05) is 6.54 Å². The number of unbranched alkanes of at least 4 members (excludes halogenated alkanes) is 2. The molecule has 13 heavy (non-hydrogen) atoms. The highest BCUT2D eigenvalue weighted by molar-refractivity contribution is 5.79. The van der Waals surface area contributed by atoms with Crippen LogP contribution in [0.4, 0.5) is 0 Å². The summed E-state index contributed by atoms with van der Waals surface area (Å²) in [5.41, 5.74) is 0. The van der Waals surface area contributed by atoms with E-state index in [4.69, 9.17) is 0 Å². The van der Waals surface area contributed by atoms with Gasteiger partial charge in [-0.15, -0.1) is 0 Å². The zero-order valence-corrected chi connectivity index (χ0v) is 8.64. The molecule has 0 aromatic rings. The van der Waals surface area contributed by atoms with Crippen LogP contribution < -0.4 is 5.32 Å². The summed E-state index contributed by atoms with van der Waals surface area (Å²) in [4.78, 5) is 11.1. The Bertz CT molecular complexity index is 156. The lowest BCUT2D eigenvalue weighted by molar-refractivity contribution is -0.120. The number of carbonyl (C=O) groups is 1. The molecule has 2 nitrogen and oxygen atoms in total. The Labute approximate surface area is 81.1 Å². The molecule has 0 aromatic carbocycles. The van der Waals surface area contributed by atoms with Gasteiger partial charge in [0.25, 0.3) is 0 Å². The molecule has 2 heteroatoms. The van der Waals surface area contributed by atoms with Crippen LogP contribution in [0, 0.1) is 0 Å². The topological polar surface area (TPSA) is 29.1 Å². The molecule has 1 rings (SSSR count). The molecule has 76 valence electrons. The van der Waals surface area contributed by atoms with Crippen LogP contribution in [-0.4, -0.2) is 18.4 Å². The van der Waals surface area contributed by atoms with Crippen LogP contribution in [0.2, 0.25) is 0 Å². The normalized spacial score (nSPS) is 23.5. The van der Waals surface area contributed by atoms with Crippen LogP contribution in [0.5, 0.6) is 0 Å². The van der Waals surface area contributed by atoms with E-state index in [1.54, 1.807) is 0 Å². The number of nitrogens with one attached hydrogen (secondary N) is 1. The smallest absolute Gasteiger partial charge is 0.134 e. The van der Waals surface area contributed by atoms with Gasteiger partial charge in [-0.1, -0.05) is 19.8 Å². The Balaban J connectivity index is 2.03. The molecule has 1 N–H and O–H groups in total. The van der Waals surface area contributed by atoms with Crippen molar-refractivity contribution < 1.29 is 4.79 Å². The molecule has 1 unspecified atom stereocenters. The first kappa shape index (κ1) is 10.7. The predicted molar refractivity (Wildman–Crippen MR) is 54.8 cm³/mol. The minimum absolute atomic E-state index is 0.444. The number of carbonyl (C=O) groups excluding carboxylic acids is 1. The quantitative estimate of drug-likeness (QED) is 0.662. The SMILES string of the molecule is CCCCCNC1CCCC(=O)C1. The van der Waals surface area contributed by atoms with Crippen LogP contribution in [0.1, 0.15) is 51.9 Å². The van der Waals surface area contributed by atoms with Crippen molar-refractivity contribution >= 4 is 5.78 Å². The van der Waals surface area contributed by atoms with Gasteiger partial charge < -0.3 is 5.32 Å². The molecule has 1 aliphatic rings. The fourth-order valence-corrected chi connectivity index (χ4v) is 1.88. The van der Waals surface area contributed by atoms with Crippen molar-refractivity contribution in [2.45, 2.75) is 57.9 Å². The lowest BCUT2D eigenvalue weighted by Gasteiger charge is -2.21. The maximum Gasteiger partial charge on any atom is 0.134 e. The summed E-state index contributed by atoms with van der Waals surface area (Å²) < 4.78 is 0. The van der Waals surface area contributed by atoms with Gasteiger partial charge in [0.2, 0.25) is 0 Å². The zero-order valence-electron chi connectivity index (χ0n) is 8.64. The Morgan fingerprint density at radius 1 is 1.46 bits per heavy atom. The number of ketones is 1. The first-order valence-corrected chi connectivity index (χ1v) is 5.58. The lowest BCUT2D eigenvalue weighted by atomic mass is 9.94. The predicted octanol–water partition coefficient (Wildman–Crippen LogP) is 2.28. The third-order valence-corrected chi connectivity index (χ3v) is 2.70. The summed E-state index contributed by atoms with van der Waals surface area (Å²) in [5, 5.41) is 3.47. The van der Waals surface area contributed by atoms with E-state index in [0.717, 1.165) is 25.8 Å². The third-order valence-electron chi connectivity index (χ3n) is 2.70. The minimum Gasteiger partial charge on any atom is -0.314 e. The summed E-state index contributed by atoms with van der Waals surface area (Å²) >= 11 is 0. The van der Waals surface area contributed by atoms with Gasteiger partial charge >= 0.3 is 0 Å².